The van der Waals surface area contributed by atoms with Crippen LogP contribution >= 0.6 is 11.6 Å². The number of H-pyrrole nitrogens is 1. The molecule has 2 N–H and O–H groups in total. The third kappa shape index (κ3) is 4.22. The summed E-state index contributed by atoms with van der Waals surface area (Å²) in [7, 11) is 0. The van der Waals surface area contributed by atoms with E-state index in [0.717, 1.165) is 12.1 Å². The summed E-state index contributed by atoms with van der Waals surface area (Å²) in [6.45, 7) is 1.74. The fourth-order valence-electron chi connectivity index (χ4n) is 3.19. The maximum atomic E-state index is 13.0. The largest absolute Gasteiger partial charge is 0.477 e. The molecule has 0 aliphatic heterocycles. The first-order valence-corrected chi connectivity index (χ1v) is 9.00. The fraction of sp³-hybridized carbons (Fsp3) is 0.200. The number of likely N-dealkylation sites (N-methyl/N-ethyl adjacent to an activating group) is 1. The Morgan fingerprint density at radius 3 is 2.52 bits per heavy atom. The molecule has 0 fully saturated rings. The number of benzene rings is 2. The highest BCUT2D eigenvalue weighted by Gasteiger charge is 2.31. The molecule has 0 saturated carbocycles. The van der Waals surface area contributed by atoms with Gasteiger partial charge in [0.2, 0.25) is 5.91 Å². The fourth-order valence-corrected chi connectivity index (χ4v) is 3.36. The van der Waals surface area contributed by atoms with Crippen molar-refractivity contribution in [1.82, 2.24) is 4.98 Å². The van der Waals surface area contributed by atoms with Gasteiger partial charge in [-0.1, -0.05) is 17.7 Å². The van der Waals surface area contributed by atoms with Gasteiger partial charge in [0.05, 0.1) is 12.0 Å². The second kappa shape index (κ2) is 7.79. The molecular formula is C20H16ClF3N2O3. The van der Waals surface area contributed by atoms with Crippen LogP contribution in [0.25, 0.3) is 10.9 Å². The van der Waals surface area contributed by atoms with Gasteiger partial charge in [-0.15, -0.1) is 0 Å². The molecule has 1 amide bonds. The van der Waals surface area contributed by atoms with Gasteiger partial charge in [0.15, 0.2) is 0 Å². The van der Waals surface area contributed by atoms with Crippen LogP contribution in [0.1, 0.15) is 28.5 Å². The molecule has 1 aromatic heterocycles. The number of carbonyl (C=O) groups excluding carboxylic acids is 1. The second-order valence-electron chi connectivity index (χ2n) is 6.34. The minimum atomic E-state index is -4.54. The predicted molar refractivity (Wildman–Crippen MR) is 103 cm³/mol. The first-order chi connectivity index (χ1) is 13.6. The van der Waals surface area contributed by atoms with Gasteiger partial charge in [0.25, 0.3) is 0 Å². The standard InChI is InChI=1S/C20H16ClF3N2O3/c1-2-26(13-5-3-4-11(8-13)20(22,23)24)17(27)10-15-14-9-12(21)6-7-16(14)25-18(15)19(28)29/h3-9,25H,2,10H2,1H3,(H,28,29). The maximum Gasteiger partial charge on any atom is 0.416 e. The molecule has 3 aromatic rings. The summed E-state index contributed by atoms with van der Waals surface area (Å²) >= 11 is 6.00. The highest BCUT2D eigenvalue weighted by molar-refractivity contribution is 6.31. The number of nitrogens with one attached hydrogen (secondary N) is 1. The van der Waals surface area contributed by atoms with Crippen LogP contribution in [0.4, 0.5) is 18.9 Å². The zero-order valence-electron chi connectivity index (χ0n) is 15.2. The number of aromatic nitrogens is 1. The van der Waals surface area contributed by atoms with E-state index < -0.39 is 23.6 Å². The molecular weight excluding hydrogens is 409 g/mol. The summed E-state index contributed by atoms with van der Waals surface area (Å²) in [5.74, 6) is -1.78. The molecule has 29 heavy (non-hydrogen) atoms. The van der Waals surface area contributed by atoms with Crippen LogP contribution in [0.15, 0.2) is 42.5 Å². The first kappa shape index (κ1) is 20.7. The third-order valence-corrected chi connectivity index (χ3v) is 4.75. The summed E-state index contributed by atoms with van der Waals surface area (Å²) in [5, 5.41) is 10.3. The lowest BCUT2D eigenvalue weighted by Crippen LogP contribution is -2.32. The number of carbonyl (C=O) groups is 2. The van der Waals surface area contributed by atoms with Gasteiger partial charge in [-0.3, -0.25) is 4.79 Å². The first-order valence-electron chi connectivity index (χ1n) is 8.62. The van der Waals surface area contributed by atoms with Crippen molar-refractivity contribution < 1.29 is 27.9 Å². The van der Waals surface area contributed by atoms with Gasteiger partial charge in [-0.25, -0.2) is 4.79 Å². The number of carboxylic acid groups (broad SMARTS) is 1. The van der Waals surface area contributed by atoms with Crippen molar-refractivity contribution in [3.8, 4) is 0 Å². The monoisotopic (exact) mass is 424 g/mol. The van der Waals surface area contributed by atoms with Crippen LogP contribution in [0.5, 0.6) is 0 Å². The molecule has 0 bridgehead atoms. The lowest BCUT2D eigenvalue weighted by molar-refractivity contribution is -0.137. The zero-order valence-corrected chi connectivity index (χ0v) is 15.9. The summed E-state index contributed by atoms with van der Waals surface area (Å²) in [6.07, 6.45) is -4.85. The molecule has 152 valence electrons. The molecule has 0 atom stereocenters. The topological polar surface area (TPSA) is 73.4 Å². The van der Waals surface area contributed by atoms with E-state index in [0.29, 0.717) is 15.9 Å². The molecule has 0 unspecified atom stereocenters. The SMILES string of the molecule is CCN(C(=O)Cc1c(C(=O)O)[nH]c2ccc(Cl)cc12)c1cccc(C(F)(F)F)c1. The molecule has 9 heteroatoms. The summed E-state index contributed by atoms with van der Waals surface area (Å²) in [6, 6.07) is 9.17. The average Bonchev–Trinajstić information content (AvgIpc) is 3.00. The van der Waals surface area contributed by atoms with E-state index in [4.69, 9.17) is 11.6 Å². The van der Waals surface area contributed by atoms with Crippen molar-refractivity contribution in [3.63, 3.8) is 0 Å². The van der Waals surface area contributed by atoms with E-state index in [1.165, 1.54) is 17.0 Å². The van der Waals surface area contributed by atoms with Gasteiger partial charge >= 0.3 is 12.1 Å². The van der Waals surface area contributed by atoms with Crippen molar-refractivity contribution in [1.29, 1.82) is 0 Å². The highest BCUT2D eigenvalue weighted by Crippen LogP contribution is 2.32. The molecule has 0 aliphatic carbocycles. The number of aromatic carboxylic acids is 1. The van der Waals surface area contributed by atoms with Crippen molar-refractivity contribution in [2.75, 3.05) is 11.4 Å². The van der Waals surface area contributed by atoms with Gasteiger partial charge in [0, 0.05) is 33.7 Å². The van der Waals surface area contributed by atoms with Crippen molar-refractivity contribution in [3.05, 3.63) is 64.3 Å². The van der Waals surface area contributed by atoms with Crippen molar-refractivity contribution in [2.24, 2.45) is 0 Å². The number of alkyl halides is 3. The van der Waals surface area contributed by atoms with Crippen LogP contribution in [0.3, 0.4) is 0 Å². The summed E-state index contributed by atoms with van der Waals surface area (Å²) < 4.78 is 39.0. The lowest BCUT2D eigenvalue weighted by Gasteiger charge is -2.22. The van der Waals surface area contributed by atoms with Crippen LogP contribution in [0.2, 0.25) is 5.02 Å². The number of amides is 1. The van der Waals surface area contributed by atoms with Gasteiger partial charge in [0.1, 0.15) is 5.69 Å². The minimum absolute atomic E-state index is 0.0853. The maximum absolute atomic E-state index is 13.0. The number of hydrogen-bond acceptors (Lipinski definition) is 2. The van der Waals surface area contributed by atoms with Crippen molar-refractivity contribution in [2.45, 2.75) is 19.5 Å². The summed E-state index contributed by atoms with van der Waals surface area (Å²) in [5.41, 5.74) is -0.216. The molecule has 5 nitrogen and oxygen atoms in total. The number of aromatic amines is 1. The van der Waals surface area contributed by atoms with E-state index in [2.05, 4.69) is 4.98 Å². The van der Waals surface area contributed by atoms with E-state index in [-0.39, 0.29) is 29.9 Å². The zero-order chi connectivity index (χ0) is 21.3. The van der Waals surface area contributed by atoms with Crippen LogP contribution in [-0.2, 0) is 17.4 Å². The number of fused-ring (bicyclic) bond motifs is 1. The number of carboxylic acids is 1. The third-order valence-electron chi connectivity index (χ3n) is 4.51. The van der Waals surface area contributed by atoms with Gasteiger partial charge in [-0.2, -0.15) is 13.2 Å². The Morgan fingerprint density at radius 1 is 1.17 bits per heavy atom. The van der Waals surface area contributed by atoms with Crippen LogP contribution in [-0.4, -0.2) is 28.5 Å². The van der Waals surface area contributed by atoms with E-state index in [1.807, 2.05) is 0 Å². The molecule has 0 aliphatic rings. The molecule has 0 saturated heterocycles. The number of nitrogens with zero attached hydrogens (tertiary/aromatic N) is 1. The molecule has 2 aromatic carbocycles. The lowest BCUT2D eigenvalue weighted by atomic mass is 10.1. The normalized spacial score (nSPS) is 11.6. The highest BCUT2D eigenvalue weighted by atomic mass is 35.5. The number of rotatable bonds is 5. The Bertz CT molecular complexity index is 1090. The molecule has 0 spiro atoms. The van der Waals surface area contributed by atoms with Crippen molar-refractivity contribution >= 4 is 40.1 Å². The molecule has 1 heterocycles. The second-order valence-corrected chi connectivity index (χ2v) is 6.77. The number of halogens is 4. The van der Waals surface area contributed by atoms with Crippen LogP contribution in [0, 0.1) is 0 Å². The van der Waals surface area contributed by atoms with E-state index in [9.17, 15) is 27.9 Å². The quantitative estimate of drug-likeness (QED) is 0.596. The Morgan fingerprint density at radius 2 is 1.90 bits per heavy atom. The van der Waals surface area contributed by atoms with Gasteiger partial charge < -0.3 is 15.0 Å². The Labute approximate surface area is 168 Å². The van der Waals surface area contributed by atoms with E-state index in [1.54, 1.807) is 25.1 Å². The summed E-state index contributed by atoms with van der Waals surface area (Å²) in [4.78, 5) is 28.4. The van der Waals surface area contributed by atoms with Gasteiger partial charge in [-0.05, 0) is 43.3 Å². The Kier molecular flexibility index (Phi) is 5.57. The van der Waals surface area contributed by atoms with E-state index >= 15 is 0 Å². The van der Waals surface area contributed by atoms with Crippen LogP contribution < -0.4 is 4.90 Å². The Balaban J connectivity index is 2.00. The predicted octanol–water partition coefficient (Wildman–Crippen LogP) is 5.13. The average molecular weight is 425 g/mol. The molecule has 0 radical (unpaired) electrons. The smallest absolute Gasteiger partial charge is 0.416 e. The number of anilines is 1. The number of hydrogen-bond donors (Lipinski definition) is 2. The Hall–Kier alpha value is -3.00. The molecule has 3 rings (SSSR count). The minimum Gasteiger partial charge on any atom is -0.477 e.